The molecule has 0 amide bonds. The van der Waals surface area contributed by atoms with E-state index in [0.29, 0.717) is 76.7 Å². The summed E-state index contributed by atoms with van der Waals surface area (Å²) < 4.78 is 145. The molecule has 0 aromatic carbocycles. The Morgan fingerprint density at radius 1 is 0.449 bits per heavy atom. The van der Waals surface area contributed by atoms with Crippen LogP contribution in [0.4, 0.5) is 0 Å². The molecule has 14 fully saturated rings. The first kappa shape index (κ1) is 82.4. The van der Waals surface area contributed by atoms with Crippen LogP contribution in [0.2, 0.25) is 0 Å². The van der Waals surface area contributed by atoms with Gasteiger partial charge in [-0.1, -0.05) is 19.1 Å². The van der Waals surface area contributed by atoms with Gasteiger partial charge in [-0.3, -0.25) is 0 Å². The SMILES string of the molecule is C=C1CC2(COC)O[C@@H](C)C1[C@@H]2OC.COCC12C[C@H](C)C([C@H](C)O1)[C@@H]2OC.COC[C@@]12O[C@@H](C)[C@@H](O[C@@H]1C)[C@H]2OC.COC[C@]12CO[C@H]([C@H](C)O1)[C@@]2(C)OC.CO[C@@H](C)[C@]12CO[C@H]([C@H](C)O1)[C@H]2OC.CO[C@@H]1[C@@H]2OC[C@@]1([C@@H](C)OC)O[C@H]2C.[B][C@@H]1O[C@@]2(C(C)OC)COC1[C@H]2OC. The highest BCUT2D eigenvalue weighted by Crippen LogP contribution is 2.55. The lowest BCUT2D eigenvalue weighted by molar-refractivity contribution is -0.194. The molecule has 33 atom stereocenters. The van der Waals surface area contributed by atoms with Crippen molar-refractivity contribution in [1.29, 1.82) is 0 Å². The third kappa shape index (κ3) is 14.0. The van der Waals surface area contributed by atoms with Crippen molar-refractivity contribution in [2.75, 3.05) is 152 Å². The number of fused-ring (bicyclic) bond motifs is 14. The first-order valence-electron chi connectivity index (χ1n) is 35.1. The monoisotopic (exact) mass is 1400 g/mol. The summed E-state index contributed by atoms with van der Waals surface area (Å²) in [6.07, 6.45) is 2.88. The molecule has 6 unspecified atom stereocenters. The van der Waals surface area contributed by atoms with Crippen molar-refractivity contribution in [3.05, 3.63) is 12.2 Å². The number of methoxy groups -OCH3 is 14. The van der Waals surface area contributed by atoms with Gasteiger partial charge < -0.3 is 123 Å². The largest absolute Gasteiger partial charge is 0.382 e. The van der Waals surface area contributed by atoms with E-state index in [9.17, 15) is 0 Å². The van der Waals surface area contributed by atoms with Crippen LogP contribution < -0.4 is 0 Å². The lowest BCUT2D eigenvalue weighted by atomic mass is 9.85. The van der Waals surface area contributed by atoms with E-state index >= 15 is 0 Å². The molecule has 568 valence electrons. The van der Waals surface area contributed by atoms with Crippen molar-refractivity contribution in [3.63, 3.8) is 0 Å². The van der Waals surface area contributed by atoms with E-state index in [1.165, 1.54) is 5.57 Å². The Balaban J connectivity index is 0.000000146. The fourth-order valence-corrected chi connectivity index (χ4v) is 19.3. The topological polar surface area (TPSA) is 240 Å². The second-order valence-electron chi connectivity index (χ2n) is 29.5. The van der Waals surface area contributed by atoms with Crippen LogP contribution in [0.3, 0.4) is 0 Å². The normalized spacial score (nSPS) is 49.4. The van der Waals surface area contributed by atoms with Crippen LogP contribution in [-0.2, 0) is 123 Å². The van der Waals surface area contributed by atoms with Gasteiger partial charge in [0.1, 0.15) is 108 Å². The van der Waals surface area contributed by atoms with E-state index in [1.807, 2.05) is 62.3 Å². The standard InChI is InChI=1S/C11H20O3.C11H18O3.4C10H18O4.C9H15BO4/c2*1-7-5-11(6-12-3)10(13-4)9(7)8(2)14-11;1-7-8-9(2,12-4)10(14-7,5-11-3)6-13-8;2*1-6-8-9(12-4)10(14-6,5-13-8)7(2)11-3;1-6-8-9(12-4)10(14-6,5-11-3)7(2)13-8;1-5(11-2)9-4-13-6(7(9)12-3)8(10)14-9/h7-10H,5-6H2,1-4H3;8-10H,1,5-6H2,2-4H3;7-8H,5-6H2,1-4H3;3*6-9H,5H2,1-4H3;5-8H,4H2,1-3H3/t7-,8-,9?,10-,11?;8-,9?,10-,11?;7-,8+,9+,10+;6-,7+,8+,9+,10-;6-,7-,8+,9+,10-;6-,7+,8+,9+,10+;5?,6?,7-,8-,9-/m0000001/s1. The quantitative estimate of drug-likeness (QED) is 0.110. The Kier molecular flexibility index (Phi) is 28.0. The third-order valence-corrected chi connectivity index (χ3v) is 24.3. The van der Waals surface area contributed by atoms with Crippen LogP contribution in [0.1, 0.15) is 95.9 Å². The fourth-order valence-electron chi connectivity index (χ4n) is 19.3. The molecule has 0 aromatic rings. The van der Waals surface area contributed by atoms with Crippen molar-refractivity contribution >= 4 is 7.85 Å². The summed E-state index contributed by atoms with van der Waals surface area (Å²) in [4.78, 5) is 0. The zero-order valence-electron chi connectivity index (χ0n) is 63.9. The molecule has 26 nitrogen and oxygen atoms in total. The zero-order valence-corrected chi connectivity index (χ0v) is 63.9. The summed E-state index contributed by atoms with van der Waals surface area (Å²) in [6.45, 7) is 33.1. The van der Waals surface area contributed by atoms with E-state index in [1.54, 1.807) is 99.5 Å². The third-order valence-electron chi connectivity index (χ3n) is 24.3. The molecule has 27 heteroatoms. The molecule has 12 heterocycles. The summed E-state index contributed by atoms with van der Waals surface area (Å²) in [6, 6.07) is -0.411. The van der Waals surface area contributed by atoms with Gasteiger partial charge in [0.05, 0.1) is 126 Å². The summed E-state index contributed by atoms with van der Waals surface area (Å²) in [5.74, 6) is 1.56. The van der Waals surface area contributed by atoms with Crippen molar-refractivity contribution in [2.24, 2.45) is 17.8 Å². The van der Waals surface area contributed by atoms with Crippen LogP contribution in [0, 0.1) is 17.8 Å². The minimum Gasteiger partial charge on any atom is -0.382 e. The smallest absolute Gasteiger partial charge is 0.146 e. The summed E-state index contributed by atoms with van der Waals surface area (Å²) >= 11 is 0. The van der Waals surface area contributed by atoms with Gasteiger partial charge in [-0.15, -0.1) is 0 Å². The lowest BCUT2D eigenvalue weighted by Crippen LogP contribution is -2.54. The average Bonchev–Trinajstić information content (AvgIpc) is 1.53. The van der Waals surface area contributed by atoms with Crippen molar-refractivity contribution in [2.45, 2.75) is 275 Å². The maximum absolute atomic E-state index is 6.01. The van der Waals surface area contributed by atoms with E-state index in [4.69, 9.17) is 131 Å². The number of ether oxygens (including phenoxy) is 26. The van der Waals surface area contributed by atoms with Gasteiger partial charge in [0.2, 0.25) is 0 Å². The van der Waals surface area contributed by atoms with Crippen molar-refractivity contribution < 1.29 is 123 Å². The number of hydrogen-bond donors (Lipinski definition) is 0. The van der Waals surface area contributed by atoms with Gasteiger partial charge in [-0.2, -0.15) is 0 Å². The Bertz CT molecular complexity index is 2360. The molecule has 0 N–H and O–H groups in total. The summed E-state index contributed by atoms with van der Waals surface area (Å²) in [5.41, 5.74) is -1.78. The van der Waals surface area contributed by atoms with Crippen LogP contribution in [0.5, 0.6) is 0 Å². The Morgan fingerprint density at radius 3 is 1.32 bits per heavy atom. The molecule has 2 saturated carbocycles. The van der Waals surface area contributed by atoms with E-state index in [2.05, 4.69) is 27.4 Å². The minimum atomic E-state index is -0.534. The second kappa shape index (κ2) is 33.3. The highest BCUT2D eigenvalue weighted by atomic mass is 16.7. The molecular weight excluding hydrogens is 1280 g/mol. The first-order valence-corrected chi connectivity index (χ1v) is 35.1. The lowest BCUT2D eigenvalue weighted by Gasteiger charge is -2.35. The summed E-state index contributed by atoms with van der Waals surface area (Å²) in [7, 11) is 29.5. The molecule has 14 rings (SSSR count). The predicted molar refractivity (Wildman–Crippen MR) is 358 cm³/mol. The first-order chi connectivity index (χ1) is 46.5. The molecule has 0 spiro atoms. The van der Waals surface area contributed by atoms with Gasteiger partial charge >= 0.3 is 0 Å². The van der Waals surface area contributed by atoms with Crippen LogP contribution in [0.25, 0.3) is 0 Å². The van der Waals surface area contributed by atoms with E-state index in [0.717, 1.165) is 12.8 Å². The van der Waals surface area contributed by atoms with Gasteiger partial charge in [-0.05, 0) is 88.5 Å². The highest BCUT2D eigenvalue weighted by molar-refractivity contribution is 6.11. The van der Waals surface area contributed by atoms with Gasteiger partial charge in [0.25, 0.3) is 0 Å². The molecule has 0 aromatic heterocycles. The molecule has 2 aliphatic carbocycles. The Hall–Kier alpha value is -1.24. The van der Waals surface area contributed by atoms with Crippen LogP contribution >= 0.6 is 0 Å². The van der Waals surface area contributed by atoms with Gasteiger partial charge in [-0.25, -0.2) is 0 Å². The van der Waals surface area contributed by atoms with Crippen molar-refractivity contribution in [1.82, 2.24) is 0 Å². The predicted octanol–water partition coefficient (Wildman–Crippen LogP) is 4.91. The second-order valence-corrected chi connectivity index (χ2v) is 29.5. The molecule has 14 bridgehead atoms. The minimum absolute atomic E-state index is 0.00699. The highest BCUT2D eigenvalue weighted by Gasteiger charge is 2.71. The van der Waals surface area contributed by atoms with Crippen LogP contribution in [-0.4, -0.2) is 339 Å². The Morgan fingerprint density at radius 2 is 0.898 bits per heavy atom. The van der Waals surface area contributed by atoms with Gasteiger partial charge in [0, 0.05) is 124 Å². The average molecular weight is 1410 g/mol. The fraction of sp³-hybridized carbons (Fsp3) is 0.972. The molecule has 98 heavy (non-hydrogen) atoms. The van der Waals surface area contributed by atoms with E-state index < -0.39 is 34.0 Å². The number of rotatable bonds is 21. The molecule has 14 aliphatic rings. The molecular formula is C71H125BO26. The molecule has 2 radical (unpaired) electrons. The Labute approximate surface area is 586 Å². The molecule has 12 saturated heterocycles. The maximum Gasteiger partial charge on any atom is 0.146 e. The number of hydrogen-bond acceptors (Lipinski definition) is 26. The molecule has 12 aliphatic heterocycles. The maximum atomic E-state index is 6.01. The van der Waals surface area contributed by atoms with E-state index in [-0.39, 0.29) is 139 Å². The van der Waals surface area contributed by atoms with Crippen molar-refractivity contribution in [3.8, 4) is 0 Å². The van der Waals surface area contributed by atoms with Crippen LogP contribution in [0.15, 0.2) is 12.2 Å². The summed E-state index contributed by atoms with van der Waals surface area (Å²) in [5, 5.41) is 0. The van der Waals surface area contributed by atoms with Gasteiger partial charge in [0.15, 0.2) is 0 Å². The zero-order chi connectivity index (χ0) is 72.5.